The number of carbonyl (C=O) groups excluding carboxylic acids is 2. The van der Waals surface area contributed by atoms with E-state index < -0.39 is 20.0 Å². The second kappa shape index (κ2) is 8.67. The normalized spacial score (nSPS) is 14.4. The largest absolute Gasteiger partial charge is 0.527 e. The number of ether oxygens (including phenoxy) is 1. The Morgan fingerprint density at radius 1 is 1.26 bits per heavy atom. The molecule has 8 nitrogen and oxygen atoms in total. The molecule has 0 aliphatic carbocycles. The summed E-state index contributed by atoms with van der Waals surface area (Å²) >= 11 is 0. The predicted octanol–water partition coefficient (Wildman–Crippen LogP) is 2.06. The predicted molar refractivity (Wildman–Crippen MR) is 82.2 cm³/mol. The van der Waals surface area contributed by atoms with Crippen LogP contribution in [0, 0.1) is 0 Å². The average Bonchev–Trinajstić information content (AvgIpc) is 2.54. The number of hydrogen-bond donors (Lipinski definition) is 2. The van der Waals surface area contributed by atoms with Crippen molar-refractivity contribution in [2.75, 3.05) is 14.2 Å². The molecule has 0 aromatic heterocycles. The molecule has 2 atom stereocenters. The first-order valence-electron chi connectivity index (χ1n) is 6.85. The lowest BCUT2D eigenvalue weighted by molar-refractivity contribution is -0.120. The number of carbonyl (C=O) groups is 2. The van der Waals surface area contributed by atoms with E-state index in [-0.39, 0.29) is 24.4 Å². The molecule has 1 aromatic carbocycles. The standard InChI is InChI=1S/C14H20NO7P/c1-4-13(16)12(15-14(17)20-2)9-10-5-7-11(8-6-10)22-23(18,19)21-3/h5-8,12H,4,9H2,1-3H3,(H,15,17)(H,18,19)/t12-/m0/s1. The zero-order valence-electron chi connectivity index (χ0n) is 13.1. The second-order valence-corrected chi connectivity index (χ2v) is 6.08. The first-order chi connectivity index (χ1) is 10.8. The quantitative estimate of drug-likeness (QED) is 0.694. The van der Waals surface area contributed by atoms with Gasteiger partial charge in [-0.3, -0.25) is 14.2 Å². The SMILES string of the molecule is CCC(=O)[C@H](Cc1ccc(OP(=O)(O)OC)cc1)NC(=O)OC. The molecule has 0 radical (unpaired) electrons. The highest BCUT2D eigenvalue weighted by Crippen LogP contribution is 2.42. The number of phosphoric acid groups is 1. The molecular formula is C14H20NO7P. The van der Waals surface area contributed by atoms with E-state index in [0.717, 1.165) is 12.7 Å². The molecule has 0 spiro atoms. The molecule has 0 saturated carbocycles. The molecule has 0 saturated heterocycles. The Morgan fingerprint density at radius 2 is 1.87 bits per heavy atom. The maximum atomic E-state index is 11.9. The molecule has 128 valence electrons. The van der Waals surface area contributed by atoms with E-state index in [1.54, 1.807) is 19.1 Å². The fourth-order valence-electron chi connectivity index (χ4n) is 1.79. The van der Waals surface area contributed by atoms with Gasteiger partial charge in [0.1, 0.15) is 5.75 Å². The number of amides is 1. The lowest BCUT2D eigenvalue weighted by Crippen LogP contribution is -2.42. The van der Waals surface area contributed by atoms with Crippen LogP contribution in [0.1, 0.15) is 18.9 Å². The number of benzene rings is 1. The van der Waals surface area contributed by atoms with Gasteiger partial charge in [0.15, 0.2) is 5.78 Å². The number of ketones is 1. The number of Topliss-reactive ketones (excluding diaryl/α,β-unsaturated/α-hetero) is 1. The number of hydrogen-bond acceptors (Lipinski definition) is 6. The Balaban J connectivity index is 2.79. The Morgan fingerprint density at radius 3 is 2.35 bits per heavy atom. The van der Waals surface area contributed by atoms with Crippen LogP contribution in [0.25, 0.3) is 0 Å². The lowest BCUT2D eigenvalue weighted by Gasteiger charge is -2.16. The smallest absolute Gasteiger partial charge is 0.453 e. The zero-order chi connectivity index (χ0) is 17.5. The van der Waals surface area contributed by atoms with E-state index in [1.165, 1.54) is 19.2 Å². The number of alkyl carbamates (subject to hydrolysis) is 1. The summed E-state index contributed by atoms with van der Waals surface area (Å²) in [5, 5.41) is 2.48. The Hall–Kier alpha value is -1.89. The number of nitrogens with one attached hydrogen (secondary N) is 1. The third-order valence-corrected chi connectivity index (χ3v) is 3.93. The van der Waals surface area contributed by atoms with Crippen LogP contribution in [0.5, 0.6) is 5.75 Å². The summed E-state index contributed by atoms with van der Waals surface area (Å²) in [5.41, 5.74) is 0.741. The molecule has 9 heteroatoms. The average molecular weight is 345 g/mol. The molecule has 0 aliphatic rings. The summed E-state index contributed by atoms with van der Waals surface area (Å²) in [6.45, 7) is 1.70. The first-order valence-corrected chi connectivity index (χ1v) is 8.35. The van der Waals surface area contributed by atoms with Gasteiger partial charge in [0.2, 0.25) is 0 Å². The van der Waals surface area contributed by atoms with E-state index in [0.29, 0.717) is 0 Å². The molecule has 2 N–H and O–H groups in total. The van der Waals surface area contributed by atoms with Gasteiger partial charge in [-0.15, -0.1) is 0 Å². The van der Waals surface area contributed by atoms with Crippen molar-refractivity contribution in [3.8, 4) is 5.75 Å². The van der Waals surface area contributed by atoms with Gasteiger partial charge in [-0.2, -0.15) is 0 Å². The summed E-state index contributed by atoms with van der Waals surface area (Å²) in [7, 11) is -1.82. The van der Waals surface area contributed by atoms with Crippen LogP contribution in [0.2, 0.25) is 0 Å². The maximum absolute atomic E-state index is 11.9. The van der Waals surface area contributed by atoms with Crippen molar-refractivity contribution in [1.29, 1.82) is 0 Å². The number of phosphoric ester groups is 1. The third-order valence-electron chi connectivity index (χ3n) is 3.03. The van der Waals surface area contributed by atoms with Crippen LogP contribution >= 0.6 is 7.82 Å². The molecule has 1 aromatic rings. The van der Waals surface area contributed by atoms with Gasteiger partial charge in [-0.25, -0.2) is 9.36 Å². The fraction of sp³-hybridized carbons (Fsp3) is 0.429. The molecule has 0 aliphatic heterocycles. The van der Waals surface area contributed by atoms with Crippen molar-refractivity contribution in [2.24, 2.45) is 0 Å². The zero-order valence-corrected chi connectivity index (χ0v) is 14.0. The van der Waals surface area contributed by atoms with Crippen molar-refractivity contribution in [2.45, 2.75) is 25.8 Å². The first kappa shape index (κ1) is 19.2. The summed E-state index contributed by atoms with van der Waals surface area (Å²) in [6.07, 6.45) is -0.140. The van der Waals surface area contributed by atoms with E-state index >= 15 is 0 Å². The van der Waals surface area contributed by atoms with E-state index in [9.17, 15) is 19.0 Å². The molecule has 23 heavy (non-hydrogen) atoms. The van der Waals surface area contributed by atoms with Gasteiger partial charge in [0.25, 0.3) is 0 Å². The third kappa shape index (κ3) is 6.40. The highest BCUT2D eigenvalue weighted by atomic mass is 31.2. The van der Waals surface area contributed by atoms with Crippen LogP contribution in [-0.4, -0.2) is 37.0 Å². The maximum Gasteiger partial charge on any atom is 0.527 e. The minimum Gasteiger partial charge on any atom is -0.453 e. The molecular weight excluding hydrogens is 325 g/mol. The summed E-state index contributed by atoms with van der Waals surface area (Å²) in [4.78, 5) is 32.4. The highest BCUT2D eigenvalue weighted by molar-refractivity contribution is 7.47. The van der Waals surface area contributed by atoms with Gasteiger partial charge in [-0.05, 0) is 24.1 Å². The van der Waals surface area contributed by atoms with Crippen LogP contribution < -0.4 is 9.84 Å². The topological polar surface area (TPSA) is 111 Å². The molecule has 0 fully saturated rings. The van der Waals surface area contributed by atoms with E-state index in [1.807, 2.05) is 0 Å². The Bertz CT molecular complexity index is 587. The molecule has 0 heterocycles. The van der Waals surface area contributed by atoms with Crippen LogP contribution in [0.3, 0.4) is 0 Å². The highest BCUT2D eigenvalue weighted by Gasteiger charge is 2.22. The molecule has 1 rings (SSSR count). The molecule has 1 unspecified atom stereocenters. The van der Waals surface area contributed by atoms with Crippen LogP contribution in [0.4, 0.5) is 4.79 Å². The molecule has 1 amide bonds. The van der Waals surface area contributed by atoms with Crippen molar-refractivity contribution < 1.29 is 32.8 Å². The monoisotopic (exact) mass is 345 g/mol. The second-order valence-electron chi connectivity index (χ2n) is 4.60. The van der Waals surface area contributed by atoms with Gasteiger partial charge in [-0.1, -0.05) is 19.1 Å². The van der Waals surface area contributed by atoms with E-state index in [2.05, 4.69) is 14.6 Å². The van der Waals surface area contributed by atoms with Crippen molar-refractivity contribution in [3.05, 3.63) is 29.8 Å². The Kier molecular flexibility index (Phi) is 7.22. The van der Waals surface area contributed by atoms with Gasteiger partial charge in [0.05, 0.1) is 13.2 Å². The molecule has 0 bridgehead atoms. The van der Waals surface area contributed by atoms with E-state index in [4.69, 9.17) is 4.52 Å². The Labute approximate surface area is 134 Å². The fourth-order valence-corrected chi connectivity index (χ4v) is 2.25. The van der Waals surface area contributed by atoms with Crippen LogP contribution in [-0.2, 0) is 25.0 Å². The van der Waals surface area contributed by atoms with Gasteiger partial charge in [0, 0.05) is 13.5 Å². The van der Waals surface area contributed by atoms with Gasteiger partial charge >= 0.3 is 13.9 Å². The number of methoxy groups -OCH3 is 1. The lowest BCUT2D eigenvalue weighted by atomic mass is 10.0. The minimum absolute atomic E-state index is 0.130. The summed E-state index contributed by atoms with van der Waals surface area (Å²) in [6, 6.07) is 5.49. The van der Waals surface area contributed by atoms with Crippen molar-refractivity contribution in [3.63, 3.8) is 0 Å². The minimum atomic E-state index is -4.11. The van der Waals surface area contributed by atoms with Crippen LogP contribution in [0.15, 0.2) is 24.3 Å². The summed E-state index contributed by atoms with van der Waals surface area (Å²) < 4.78 is 24.9. The number of rotatable bonds is 8. The van der Waals surface area contributed by atoms with Crippen molar-refractivity contribution in [1.82, 2.24) is 5.32 Å². The van der Waals surface area contributed by atoms with Gasteiger partial charge < -0.3 is 14.6 Å². The summed E-state index contributed by atoms with van der Waals surface area (Å²) in [5.74, 6) is 0.0238. The van der Waals surface area contributed by atoms with Crippen molar-refractivity contribution >= 4 is 19.7 Å².